The van der Waals surface area contributed by atoms with Gasteiger partial charge in [0, 0.05) is 29.9 Å². The second-order valence-electron chi connectivity index (χ2n) is 9.70. The Balaban J connectivity index is 1.61. The monoisotopic (exact) mass is 576 g/mol. The molecule has 208 valence electrons. The van der Waals surface area contributed by atoms with Crippen LogP contribution < -0.4 is 10.1 Å². The number of pyridine rings is 1. The van der Waals surface area contributed by atoms with Gasteiger partial charge >= 0.3 is 6.18 Å². The highest BCUT2D eigenvalue weighted by Crippen LogP contribution is 2.30. The van der Waals surface area contributed by atoms with Crippen LogP contribution in [0.5, 0.6) is 5.75 Å². The second-order valence-corrected chi connectivity index (χ2v) is 12.5. The first-order chi connectivity index (χ1) is 17.7. The Morgan fingerprint density at radius 2 is 1.95 bits per heavy atom. The smallest absolute Gasteiger partial charge is 0.422 e. The van der Waals surface area contributed by atoms with Crippen LogP contribution in [0.1, 0.15) is 42.7 Å². The van der Waals surface area contributed by atoms with E-state index in [0.29, 0.717) is 36.2 Å². The van der Waals surface area contributed by atoms with Crippen molar-refractivity contribution in [3.05, 3.63) is 52.5 Å². The molecule has 4 heterocycles. The number of aryl methyl sites for hydroxylation is 1. The summed E-state index contributed by atoms with van der Waals surface area (Å²) in [6.07, 6.45) is 0.992. The molecule has 2 aromatic rings. The Morgan fingerprint density at radius 1 is 1.26 bits per heavy atom. The molecular weight excluding hydrogens is 549 g/mol. The average molecular weight is 577 g/mol. The van der Waals surface area contributed by atoms with Crippen molar-refractivity contribution in [3.8, 4) is 5.75 Å². The summed E-state index contributed by atoms with van der Waals surface area (Å²) in [5, 5.41) is 3.20. The third kappa shape index (κ3) is 6.55. The molecule has 2 aromatic heterocycles. The summed E-state index contributed by atoms with van der Waals surface area (Å²) in [5.41, 5.74) is 0.645. The van der Waals surface area contributed by atoms with E-state index in [4.69, 9.17) is 21.1 Å². The van der Waals surface area contributed by atoms with Crippen LogP contribution in [-0.2, 0) is 21.0 Å². The molecule has 0 atom stereocenters. The van der Waals surface area contributed by atoms with Gasteiger partial charge in [0.05, 0.1) is 24.2 Å². The Kier molecular flexibility index (Phi) is 7.63. The van der Waals surface area contributed by atoms with Crippen molar-refractivity contribution in [2.24, 2.45) is 0 Å². The van der Waals surface area contributed by atoms with Gasteiger partial charge in [0.2, 0.25) is 5.88 Å². The Labute approximate surface area is 223 Å². The largest absolute Gasteiger partial charge is 0.478 e. The first-order valence-electron chi connectivity index (χ1n) is 11.9. The first kappa shape index (κ1) is 28.1. The highest BCUT2D eigenvalue weighted by molar-refractivity contribution is 7.91. The molecule has 4 rings (SSSR count). The topological polar surface area (TPSA) is 102 Å². The van der Waals surface area contributed by atoms with Crippen LogP contribution in [0.4, 0.5) is 13.2 Å². The average Bonchev–Trinajstić information content (AvgIpc) is 3.24. The van der Waals surface area contributed by atoms with Crippen LogP contribution >= 0.6 is 11.6 Å². The molecular formula is C24H28ClF3N4O5S. The maximum atomic E-state index is 13.0. The number of nitrogens with zero attached hydrogens (tertiary/aromatic N) is 3. The lowest BCUT2D eigenvalue weighted by molar-refractivity contribution is -0.164. The number of imidazole rings is 1. The number of amides is 1. The summed E-state index contributed by atoms with van der Waals surface area (Å²) in [7, 11) is -1.48. The molecule has 0 spiro atoms. The lowest BCUT2D eigenvalue weighted by atomic mass is 9.95. The van der Waals surface area contributed by atoms with Crippen LogP contribution in [0, 0.1) is 0 Å². The van der Waals surface area contributed by atoms with Crippen molar-refractivity contribution in [1.82, 2.24) is 19.6 Å². The van der Waals surface area contributed by atoms with Gasteiger partial charge in [0.25, 0.3) is 5.91 Å². The van der Waals surface area contributed by atoms with E-state index >= 15 is 0 Å². The van der Waals surface area contributed by atoms with Crippen molar-refractivity contribution in [3.63, 3.8) is 0 Å². The number of fused-ring (bicyclic) bond motifs is 1. The number of sulfone groups is 1. The van der Waals surface area contributed by atoms with Crippen molar-refractivity contribution < 1.29 is 35.9 Å². The summed E-state index contributed by atoms with van der Waals surface area (Å²) in [6.45, 7) is 2.40. The number of allylic oxidation sites excluding steroid dienone is 1. The zero-order valence-corrected chi connectivity index (χ0v) is 22.6. The molecule has 0 aromatic carbocycles. The highest BCUT2D eigenvalue weighted by atomic mass is 35.5. The van der Waals surface area contributed by atoms with Crippen LogP contribution in [0.25, 0.3) is 5.65 Å². The third-order valence-corrected chi connectivity index (χ3v) is 8.31. The van der Waals surface area contributed by atoms with Gasteiger partial charge in [-0.15, -0.1) is 0 Å². The van der Waals surface area contributed by atoms with Gasteiger partial charge in [-0.25, -0.2) is 13.4 Å². The van der Waals surface area contributed by atoms with Gasteiger partial charge in [-0.05, 0) is 37.8 Å². The van der Waals surface area contributed by atoms with Crippen molar-refractivity contribution in [2.75, 3.05) is 31.7 Å². The van der Waals surface area contributed by atoms with Crippen LogP contribution in [0.2, 0.25) is 0 Å². The minimum atomic E-state index is -4.54. The number of carbonyl (C=O) groups excluding carboxylic acids is 1. The predicted molar refractivity (Wildman–Crippen MR) is 135 cm³/mol. The third-order valence-electron chi connectivity index (χ3n) is 6.43. The Morgan fingerprint density at radius 3 is 2.58 bits per heavy atom. The summed E-state index contributed by atoms with van der Waals surface area (Å²) in [4.78, 5) is 18.9. The molecule has 1 amide bonds. The van der Waals surface area contributed by atoms with Crippen LogP contribution in [0.3, 0.4) is 0 Å². The molecule has 0 unspecified atom stereocenters. The predicted octanol–water partition coefficient (Wildman–Crippen LogP) is 3.79. The zero-order valence-electron chi connectivity index (χ0n) is 21.1. The summed E-state index contributed by atoms with van der Waals surface area (Å²) < 4.78 is 74.6. The summed E-state index contributed by atoms with van der Waals surface area (Å²) in [5.74, 6) is -0.171. The number of likely N-dealkylation sites (N-methyl/N-ethyl adjacent to an activating group) is 1. The van der Waals surface area contributed by atoms with Gasteiger partial charge in [0.15, 0.2) is 12.4 Å². The minimum absolute atomic E-state index is 0.00881. The molecule has 14 heteroatoms. The maximum Gasteiger partial charge on any atom is 0.422 e. The Bertz CT molecular complexity index is 1400. The van der Waals surface area contributed by atoms with Crippen LogP contribution in [-0.4, -0.2) is 72.0 Å². The molecule has 38 heavy (non-hydrogen) atoms. The highest BCUT2D eigenvalue weighted by Gasteiger charge is 2.35. The number of aromatic nitrogens is 2. The number of nitrogens with one attached hydrogen (secondary N) is 1. The van der Waals surface area contributed by atoms with E-state index in [1.807, 2.05) is 13.8 Å². The number of alkyl halides is 3. The SMILES string of the molecule is CCc1cc2nc(C(=O)NC3(C)CCS(=O)(=O)CC3)cn2cc1OC1=C(OCC(F)(F)F)C=C(Cl)CN1C. The molecule has 0 bridgehead atoms. The van der Waals surface area contributed by atoms with Crippen molar-refractivity contribution in [1.29, 1.82) is 0 Å². The number of carbonyl (C=O) groups is 1. The molecule has 1 N–H and O–H groups in total. The minimum Gasteiger partial charge on any atom is -0.478 e. The van der Waals surface area contributed by atoms with E-state index in [-0.39, 0.29) is 40.4 Å². The number of hydrogen-bond acceptors (Lipinski definition) is 7. The fourth-order valence-corrected chi connectivity index (χ4v) is 6.22. The zero-order chi connectivity index (χ0) is 27.9. The summed E-state index contributed by atoms with van der Waals surface area (Å²) in [6, 6.07) is 1.73. The van der Waals surface area contributed by atoms with Gasteiger partial charge in [-0.1, -0.05) is 18.5 Å². The second kappa shape index (κ2) is 10.3. The van der Waals surface area contributed by atoms with E-state index < -0.39 is 34.1 Å². The summed E-state index contributed by atoms with van der Waals surface area (Å²) >= 11 is 6.08. The molecule has 9 nitrogen and oxygen atoms in total. The van der Waals surface area contributed by atoms with Gasteiger partial charge in [-0.3, -0.25) is 4.79 Å². The van der Waals surface area contributed by atoms with E-state index in [0.717, 1.165) is 0 Å². The quantitative estimate of drug-likeness (QED) is 0.535. The lowest BCUT2D eigenvalue weighted by Crippen LogP contribution is -2.51. The molecule has 0 radical (unpaired) electrons. The standard InChI is InChI=1S/C24H28ClF3N4O5S/c1-4-15-9-20-29-17(21(33)30-23(2)5-7-38(34,35)8-6-23)12-32(20)13-19(15)37-22-18(36-14-24(26,27)28)10-16(25)11-31(22)3/h9-10,12-13H,4-8,11,14H2,1-3H3,(H,30,33). The fraction of sp³-hybridized carbons (Fsp3) is 0.500. The van der Waals surface area contributed by atoms with E-state index in [9.17, 15) is 26.4 Å². The number of halogens is 4. The molecule has 1 fully saturated rings. The molecule has 2 aliphatic heterocycles. The lowest BCUT2D eigenvalue weighted by Gasteiger charge is -2.34. The van der Waals surface area contributed by atoms with Crippen molar-refractivity contribution >= 4 is 33.0 Å². The van der Waals surface area contributed by atoms with E-state index in [1.54, 1.807) is 23.7 Å². The number of ether oxygens (including phenoxy) is 2. The maximum absolute atomic E-state index is 13.0. The van der Waals surface area contributed by atoms with Gasteiger partial charge in [-0.2, -0.15) is 13.2 Å². The normalized spacial score (nSPS) is 19.3. The number of hydrogen-bond donors (Lipinski definition) is 1. The van der Waals surface area contributed by atoms with Crippen LogP contribution in [0.15, 0.2) is 41.2 Å². The molecule has 0 aliphatic carbocycles. The molecule has 1 saturated heterocycles. The Hall–Kier alpha value is -2.93. The van der Waals surface area contributed by atoms with E-state index in [2.05, 4.69) is 10.3 Å². The fourth-order valence-electron chi connectivity index (χ4n) is 4.22. The molecule has 2 aliphatic rings. The van der Waals surface area contributed by atoms with Gasteiger partial charge in [0.1, 0.15) is 26.9 Å². The first-order valence-corrected chi connectivity index (χ1v) is 14.1. The van der Waals surface area contributed by atoms with Gasteiger partial charge < -0.3 is 24.1 Å². The number of rotatable bonds is 7. The van der Waals surface area contributed by atoms with Crippen molar-refractivity contribution in [2.45, 2.75) is 44.8 Å². The molecule has 0 saturated carbocycles. The van der Waals surface area contributed by atoms with E-state index in [1.165, 1.54) is 17.2 Å².